The molecule has 106 valence electrons. The van der Waals surface area contributed by atoms with Gasteiger partial charge < -0.3 is 20.2 Å². The number of hydrogen-bond donors (Lipinski definition) is 2. The van der Waals surface area contributed by atoms with Crippen LogP contribution in [-0.2, 0) is 0 Å². The van der Waals surface area contributed by atoms with Crippen LogP contribution in [0.3, 0.4) is 0 Å². The van der Waals surface area contributed by atoms with E-state index in [4.69, 9.17) is 15.2 Å². The van der Waals surface area contributed by atoms with E-state index >= 15 is 0 Å². The predicted molar refractivity (Wildman–Crippen MR) is 76.3 cm³/mol. The zero-order valence-corrected chi connectivity index (χ0v) is 11.8. The molecule has 20 heavy (non-hydrogen) atoms. The van der Waals surface area contributed by atoms with Gasteiger partial charge in [0.25, 0.3) is 0 Å². The molecule has 0 spiro atoms. The van der Waals surface area contributed by atoms with E-state index in [1.165, 1.54) is 7.11 Å². The fourth-order valence-corrected chi connectivity index (χ4v) is 2.02. The molecular formula is C15H18N2O3. The van der Waals surface area contributed by atoms with E-state index in [-0.39, 0.29) is 5.78 Å². The number of Topliss-reactive ketones (excluding diaryl/α,β-unsaturated/α-hetero) is 1. The Bertz CT molecular complexity index is 619. The van der Waals surface area contributed by atoms with E-state index < -0.39 is 6.04 Å². The molecule has 5 nitrogen and oxygen atoms in total. The summed E-state index contributed by atoms with van der Waals surface area (Å²) in [5.41, 5.74) is 8.15. The topological polar surface area (TPSA) is 77.3 Å². The fraction of sp³-hybridized carbons (Fsp3) is 0.267. The molecule has 3 N–H and O–H groups in total. The molecule has 1 aromatic heterocycles. The lowest BCUT2D eigenvalue weighted by molar-refractivity contribution is 0.0959. The molecular weight excluding hydrogens is 256 g/mol. The van der Waals surface area contributed by atoms with Crippen LogP contribution >= 0.6 is 0 Å². The van der Waals surface area contributed by atoms with Crippen molar-refractivity contribution in [3.05, 3.63) is 47.3 Å². The Kier molecular flexibility index (Phi) is 4.10. The minimum atomic E-state index is -0.721. The van der Waals surface area contributed by atoms with Gasteiger partial charge in [0.15, 0.2) is 17.3 Å². The van der Waals surface area contributed by atoms with Crippen LogP contribution < -0.4 is 15.2 Å². The Labute approximate surface area is 117 Å². The summed E-state index contributed by atoms with van der Waals surface area (Å²) in [5.74, 6) is 0.911. The van der Waals surface area contributed by atoms with E-state index in [0.29, 0.717) is 22.8 Å². The molecule has 1 heterocycles. The van der Waals surface area contributed by atoms with Gasteiger partial charge in [0.1, 0.15) is 6.04 Å². The Morgan fingerprint density at radius 2 is 1.85 bits per heavy atom. The lowest BCUT2D eigenvalue weighted by Crippen LogP contribution is -2.22. The highest BCUT2D eigenvalue weighted by Crippen LogP contribution is 2.29. The SMILES string of the molecule is COc1ccc(C(=O)C(N)c2ccc(C)[nH]2)cc1OC. The van der Waals surface area contributed by atoms with Crippen LogP contribution in [0.25, 0.3) is 0 Å². The second kappa shape index (κ2) is 5.79. The first-order valence-corrected chi connectivity index (χ1v) is 6.24. The van der Waals surface area contributed by atoms with E-state index in [9.17, 15) is 4.79 Å². The summed E-state index contributed by atoms with van der Waals surface area (Å²) in [6.07, 6.45) is 0. The first kappa shape index (κ1) is 14.1. The smallest absolute Gasteiger partial charge is 0.185 e. The van der Waals surface area contributed by atoms with Crippen molar-refractivity contribution in [2.24, 2.45) is 5.73 Å². The van der Waals surface area contributed by atoms with Crippen molar-refractivity contribution in [1.82, 2.24) is 4.98 Å². The molecule has 0 aliphatic heterocycles. The lowest BCUT2D eigenvalue weighted by Gasteiger charge is -2.12. The van der Waals surface area contributed by atoms with Gasteiger partial charge in [-0.15, -0.1) is 0 Å². The van der Waals surface area contributed by atoms with Gasteiger partial charge in [-0.2, -0.15) is 0 Å². The number of rotatable bonds is 5. The first-order chi connectivity index (χ1) is 9.56. The van der Waals surface area contributed by atoms with Crippen molar-refractivity contribution in [3.63, 3.8) is 0 Å². The number of aryl methyl sites for hydroxylation is 1. The molecule has 0 radical (unpaired) electrons. The summed E-state index contributed by atoms with van der Waals surface area (Å²) in [6.45, 7) is 1.91. The highest BCUT2D eigenvalue weighted by molar-refractivity contribution is 6.00. The highest BCUT2D eigenvalue weighted by atomic mass is 16.5. The van der Waals surface area contributed by atoms with Crippen LogP contribution in [0.5, 0.6) is 11.5 Å². The molecule has 1 atom stereocenters. The largest absolute Gasteiger partial charge is 0.493 e. The normalized spacial score (nSPS) is 12.0. The number of methoxy groups -OCH3 is 2. The number of nitrogens with one attached hydrogen (secondary N) is 1. The van der Waals surface area contributed by atoms with Crippen molar-refractivity contribution < 1.29 is 14.3 Å². The van der Waals surface area contributed by atoms with Gasteiger partial charge in [-0.3, -0.25) is 4.79 Å². The van der Waals surface area contributed by atoms with Crippen LogP contribution in [0.2, 0.25) is 0 Å². The third kappa shape index (κ3) is 2.67. The number of ether oxygens (including phenoxy) is 2. The van der Waals surface area contributed by atoms with Gasteiger partial charge in [-0.05, 0) is 37.3 Å². The quantitative estimate of drug-likeness (QED) is 0.820. The second-order valence-corrected chi connectivity index (χ2v) is 4.51. The average molecular weight is 274 g/mol. The predicted octanol–water partition coefficient (Wildman–Crippen LogP) is 2.22. The molecule has 0 amide bonds. The average Bonchev–Trinajstić information content (AvgIpc) is 2.91. The molecule has 0 saturated heterocycles. The van der Waals surface area contributed by atoms with Crippen LogP contribution in [-0.4, -0.2) is 25.0 Å². The van der Waals surface area contributed by atoms with E-state index in [0.717, 1.165) is 5.69 Å². The molecule has 0 aliphatic carbocycles. The third-order valence-electron chi connectivity index (χ3n) is 3.14. The minimum absolute atomic E-state index is 0.173. The Morgan fingerprint density at radius 1 is 1.15 bits per heavy atom. The number of benzene rings is 1. The van der Waals surface area contributed by atoms with Gasteiger partial charge in [0, 0.05) is 17.0 Å². The van der Waals surface area contributed by atoms with Crippen molar-refractivity contribution in [1.29, 1.82) is 0 Å². The van der Waals surface area contributed by atoms with Crippen LogP contribution in [0.4, 0.5) is 0 Å². The molecule has 1 unspecified atom stereocenters. The molecule has 0 aliphatic rings. The summed E-state index contributed by atoms with van der Waals surface area (Å²) in [6, 6.07) is 7.99. The standard InChI is InChI=1S/C15H18N2O3/c1-9-4-6-11(17-9)14(16)15(18)10-5-7-12(19-2)13(8-10)20-3/h4-8,14,17H,16H2,1-3H3. The Balaban J connectivity index is 2.29. The number of carbonyl (C=O) groups excluding carboxylic acids is 1. The lowest BCUT2D eigenvalue weighted by atomic mass is 10.0. The van der Waals surface area contributed by atoms with Crippen LogP contribution in [0.15, 0.2) is 30.3 Å². The maximum Gasteiger partial charge on any atom is 0.185 e. The van der Waals surface area contributed by atoms with Gasteiger partial charge in [0.05, 0.1) is 14.2 Å². The zero-order chi connectivity index (χ0) is 14.7. The Hall–Kier alpha value is -2.27. The molecule has 2 rings (SSSR count). The summed E-state index contributed by atoms with van der Waals surface area (Å²) in [7, 11) is 3.08. The zero-order valence-electron chi connectivity index (χ0n) is 11.8. The van der Waals surface area contributed by atoms with Crippen molar-refractivity contribution in [3.8, 4) is 11.5 Å². The summed E-state index contributed by atoms with van der Waals surface area (Å²) < 4.78 is 10.3. The van der Waals surface area contributed by atoms with Crippen LogP contribution in [0.1, 0.15) is 27.8 Å². The van der Waals surface area contributed by atoms with Crippen LogP contribution in [0, 0.1) is 6.92 Å². The maximum atomic E-state index is 12.4. The molecule has 1 aromatic carbocycles. The second-order valence-electron chi connectivity index (χ2n) is 4.51. The van der Waals surface area contributed by atoms with Crippen molar-refractivity contribution in [2.75, 3.05) is 14.2 Å². The van der Waals surface area contributed by atoms with Gasteiger partial charge >= 0.3 is 0 Å². The molecule has 0 saturated carbocycles. The first-order valence-electron chi connectivity index (χ1n) is 6.24. The molecule has 0 fully saturated rings. The highest BCUT2D eigenvalue weighted by Gasteiger charge is 2.20. The number of H-pyrrole nitrogens is 1. The summed E-state index contributed by atoms with van der Waals surface area (Å²) in [5, 5.41) is 0. The van der Waals surface area contributed by atoms with Crippen molar-refractivity contribution >= 4 is 5.78 Å². The van der Waals surface area contributed by atoms with Gasteiger partial charge in [-0.1, -0.05) is 0 Å². The monoisotopic (exact) mass is 274 g/mol. The third-order valence-corrected chi connectivity index (χ3v) is 3.14. The van der Waals surface area contributed by atoms with E-state index in [1.54, 1.807) is 25.3 Å². The number of aromatic amines is 1. The summed E-state index contributed by atoms with van der Waals surface area (Å²) >= 11 is 0. The number of nitrogens with two attached hydrogens (primary N) is 1. The minimum Gasteiger partial charge on any atom is -0.493 e. The van der Waals surface area contributed by atoms with E-state index in [1.807, 2.05) is 19.1 Å². The summed E-state index contributed by atoms with van der Waals surface area (Å²) in [4.78, 5) is 15.5. The molecule has 0 bridgehead atoms. The Morgan fingerprint density at radius 3 is 2.40 bits per heavy atom. The number of aromatic nitrogens is 1. The van der Waals surface area contributed by atoms with Gasteiger partial charge in [0.2, 0.25) is 0 Å². The number of carbonyl (C=O) groups is 1. The number of hydrogen-bond acceptors (Lipinski definition) is 4. The van der Waals surface area contributed by atoms with E-state index in [2.05, 4.69) is 4.98 Å². The molecule has 5 heteroatoms. The molecule has 2 aromatic rings. The number of ketones is 1. The van der Waals surface area contributed by atoms with Gasteiger partial charge in [-0.25, -0.2) is 0 Å². The van der Waals surface area contributed by atoms with Crippen molar-refractivity contribution in [2.45, 2.75) is 13.0 Å². The maximum absolute atomic E-state index is 12.4. The fourth-order valence-electron chi connectivity index (χ4n) is 2.02.